The normalized spacial score (nSPS) is 16.1. The van der Waals surface area contributed by atoms with Crippen LogP contribution in [0.25, 0.3) is 10.6 Å². The lowest BCUT2D eigenvalue weighted by atomic mass is 10.0. The van der Waals surface area contributed by atoms with E-state index in [1.807, 2.05) is 24.3 Å². The number of hydrogen-bond acceptors (Lipinski definition) is 4. The molecule has 0 fully saturated rings. The Hall–Kier alpha value is -2.71. The topological polar surface area (TPSA) is 53.4 Å². The molecule has 0 spiro atoms. The highest BCUT2D eigenvalue weighted by Gasteiger charge is 2.35. The summed E-state index contributed by atoms with van der Waals surface area (Å²) in [5.74, 6) is -0.424. The first-order chi connectivity index (χ1) is 14.2. The Labute approximate surface area is 175 Å². The van der Waals surface area contributed by atoms with Crippen LogP contribution in [0.4, 0.5) is 18.9 Å². The lowest BCUT2D eigenvalue weighted by Gasteiger charge is -2.17. The van der Waals surface area contributed by atoms with E-state index < -0.39 is 11.7 Å². The number of thiazole rings is 1. The third kappa shape index (κ3) is 3.50. The number of para-hydroxylation sites is 1. The van der Waals surface area contributed by atoms with Gasteiger partial charge in [0, 0.05) is 23.7 Å². The highest BCUT2D eigenvalue weighted by molar-refractivity contribution is 7.17. The number of aromatic nitrogens is 1. The average Bonchev–Trinajstić information content (AvgIpc) is 3.28. The average molecular weight is 432 g/mol. The third-order valence-corrected chi connectivity index (χ3v) is 6.51. The summed E-state index contributed by atoms with van der Waals surface area (Å²) < 4.78 is 39.8. The third-order valence-electron chi connectivity index (χ3n) is 5.32. The number of fused-ring (bicyclic) bond motifs is 1. The summed E-state index contributed by atoms with van der Waals surface area (Å²) in [7, 11) is 0. The summed E-state index contributed by atoms with van der Waals surface area (Å²) in [6, 6.07) is 11.5. The summed E-state index contributed by atoms with van der Waals surface area (Å²) >= 11 is 1.08. The van der Waals surface area contributed by atoms with Crippen molar-refractivity contribution in [1.82, 2.24) is 4.98 Å². The van der Waals surface area contributed by atoms with E-state index in [2.05, 4.69) is 4.98 Å². The number of carbonyl (C=O) groups excluding carboxylic acids is 1. The second-order valence-electron chi connectivity index (χ2n) is 7.32. The molecule has 156 valence electrons. The Kier molecular flexibility index (Phi) is 5.15. The molecule has 1 atom stereocenters. The molecule has 2 aromatic carbocycles. The monoisotopic (exact) mass is 432 g/mol. The molecule has 0 radical (unpaired) electrons. The first-order valence-corrected chi connectivity index (χ1v) is 10.2. The summed E-state index contributed by atoms with van der Waals surface area (Å²) in [5.41, 5.74) is 1.88. The van der Waals surface area contributed by atoms with E-state index >= 15 is 0 Å². The molecule has 4 nitrogen and oxygen atoms in total. The van der Waals surface area contributed by atoms with Gasteiger partial charge >= 0.3 is 6.18 Å². The van der Waals surface area contributed by atoms with Crippen molar-refractivity contribution in [2.75, 3.05) is 18.1 Å². The van der Waals surface area contributed by atoms with E-state index in [9.17, 15) is 23.1 Å². The van der Waals surface area contributed by atoms with Crippen molar-refractivity contribution in [3.8, 4) is 10.6 Å². The minimum Gasteiger partial charge on any atom is -0.396 e. The fraction of sp³-hybridized carbons (Fsp3) is 0.273. The van der Waals surface area contributed by atoms with E-state index in [4.69, 9.17) is 0 Å². The van der Waals surface area contributed by atoms with E-state index in [0.29, 0.717) is 27.7 Å². The Morgan fingerprint density at radius 1 is 1.23 bits per heavy atom. The zero-order chi connectivity index (χ0) is 21.6. The van der Waals surface area contributed by atoms with Gasteiger partial charge in [-0.2, -0.15) is 13.2 Å². The number of amides is 1. The minimum atomic E-state index is -4.45. The van der Waals surface area contributed by atoms with Gasteiger partial charge in [-0.05, 0) is 37.1 Å². The van der Waals surface area contributed by atoms with Gasteiger partial charge in [0.2, 0.25) is 0 Å². The minimum absolute atomic E-state index is 0.0721. The van der Waals surface area contributed by atoms with Gasteiger partial charge in [-0.15, -0.1) is 11.3 Å². The van der Waals surface area contributed by atoms with Crippen LogP contribution in [-0.2, 0) is 6.18 Å². The van der Waals surface area contributed by atoms with Crippen molar-refractivity contribution in [3.05, 3.63) is 69.7 Å². The summed E-state index contributed by atoms with van der Waals surface area (Å²) in [4.78, 5) is 19.6. The van der Waals surface area contributed by atoms with Crippen molar-refractivity contribution in [3.63, 3.8) is 0 Å². The van der Waals surface area contributed by atoms with Crippen LogP contribution < -0.4 is 4.90 Å². The van der Waals surface area contributed by atoms with Crippen molar-refractivity contribution in [2.45, 2.75) is 25.9 Å². The molecule has 1 aliphatic heterocycles. The smallest absolute Gasteiger partial charge is 0.396 e. The van der Waals surface area contributed by atoms with Crippen LogP contribution >= 0.6 is 11.3 Å². The quantitative estimate of drug-likeness (QED) is 0.620. The van der Waals surface area contributed by atoms with E-state index in [1.165, 1.54) is 13.0 Å². The van der Waals surface area contributed by atoms with Gasteiger partial charge in [-0.1, -0.05) is 30.3 Å². The number of hydrogen-bond donors (Lipinski definition) is 1. The molecule has 1 amide bonds. The van der Waals surface area contributed by atoms with Crippen molar-refractivity contribution < 1.29 is 23.1 Å². The maximum Gasteiger partial charge on any atom is 0.416 e. The van der Waals surface area contributed by atoms with Gasteiger partial charge in [-0.25, -0.2) is 4.98 Å². The molecule has 4 rings (SSSR count). The lowest BCUT2D eigenvalue weighted by molar-refractivity contribution is -0.138. The molecule has 0 bridgehead atoms. The standard InChI is InChI=1S/C22H19F3N2O2S/c1-12-7-8-14(9-17(12)22(23,24)25)20-26-13(2)19(30-20)21(29)27-10-15(11-28)16-5-3-4-6-18(16)27/h3-9,15,28H,10-11H2,1-2H3. The Morgan fingerprint density at radius 3 is 2.67 bits per heavy atom. The number of alkyl halides is 3. The van der Waals surface area contributed by atoms with E-state index in [1.54, 1.807) is 17.9 Å². The number of rotatable bonds is 3. The molecule has 30 heavy (non-hydrogen) atoms. The van der Waals surface area contributed by atoms with Crippen molar-refractivity contribution in [1.29, 1.82) is 0 Å². The van der Waals surface area contributed by atoms with E-state index in [0.717, 1.165) is 28.7 Å². The second kappa shape index (κ2) is 7.52. The van der Waals surface area contributed by atoms with E-state index in [-0.39, 0.29) is 24.0 Å². The number of aliphatic hydroxyl groups excluding tert-OH is 1. The van der Waals surface area contributed by atoms with Crippen molar-refractivity contribution in [2.24, 2.45) is 0 Å². The van der Waals surface area contributed by atoms with Gasteiger partial charge in [0.1, 0.15) is 9.88 Å². The first kappa shape index (κ1) is 20.6. The zero-order valence-electron chi connectivity index (χ0n) is 16.3. The maximum atomic E-state index is 13.3. The van der Waals surface area contributed by atoms with Crippen LogP contribution in [0, 0.1) is 13.8 Å². The maximum absolute atomic E-state index is 13.3. The molecule has 0 saturated heterocycles. The van der Waals surface area contributed by atoms with Gasteiger partial charge in [0.25, 0.3) is 5.91 Å². The number of halogens is 3. The molecule has 1 unspecified atom stereocenters. The Balaban J connectivity index is 1.70. The molecular weight excluding hydrogens is 413 g/mol. The summed E-state index contributed by atoms with van der Waals surface area (Å²) in [6.07, 6.45) is -4.45. The predicted molar refractivity (Wildman–Crippen MR) is 110 cm³/mol. The summed E-state index contributed by atoms with van der Waals surface area (Å²) in [6.45, 7) is 3.37. The number of aryl methyl sites for hydroxylation is 2. The van der Waals surface area contributed by atoms with Gasteiger partial charge < -0.3 is 10.0 Å². The highest BCUT2D eigenvalue weighted by Crippen LogP contribution is 2.39. The Morgan fingerprint density at radius 2 is 1.97 bits per heavy atom. The fourth-order valence-corrected chi connectivity index (χ4v) is 4.76. The van der Waals surface area contributed by atoms with Crippen LogP contribution in [0.2, 0.25) is 0 Å². The predicted octanol–water partition coefficient (Wildman–Crippen LogP) is 5.18. The zero-order valence-corrected chi connectivity index (χ0v) is 17.1. The number of nitrogens with zero attached hydrogens (tertiary/aromatic N) is 2. The molecule has 3 aromatic rings. The molecule has 0 aliphatic carbocycles. The van der Waals surface area contributed by atoms with Crippen LogP contribution in [0.1, 0.15) is 38.0 Å². The SMILES string of the molecule is Cc1ccc(-c2nc(C)c(C(=O)N3CC(CO)c4ccccc43)s2)cc1C(F)(F)F. The number of benzene rings is 2. The molecule has 0 saturated carbocycles. The highest BCUT2D eigenvalue weighted by atomic mass is 32.1. The second-order valence-corrected chi connectivity index (χ2v) is 8.31. The molecule has 8 heteroatoms. The molecule has 1 aliphatic rings. The number of carbonyl (C=O) groups is 1. The lowest BCUT2D eigenvalue weighted by Crippen LogP contribution is -2.30. The van der Waals surface area contributed by atoms with Gasteiger partial charge in [-0.3, -0.25) is 4.79 Å². The fourth-order valence-electron chi connectivity index (χ4n) is 3.75. The van der Waals surface area contributed by atoms with Crippen LogP contribution in [-0.4, -0.2) is 29.1 Å². The summed E-state index contributed by atoms with van der Waals surface area (Å²) in [5, 5.41) is 10.0. The number of anilines is 1. The van der Waals surface area contributed by atoms with Crippen LogP contribution in [0.5, 0.6) is 0 Å². The number of aliphatic hydroxyl groups is 1. The molecular formula is C22H19F3N2O2S. The molecule has 2 heterocycles. The van der Waals surface area contributed by atoms with Crippen molar-refractivity contribution >= 4 is 22.9 Å². The largest absolute Gasteiger partial charge is 0.416 e. The molecule has 1 N–H and O–H groups in total. The Bertz CT molecular complexity index is 1120. The molecule has 1 aromatic heterocycles. The first-order valence-electron chi connectivity index (χ1n) is 9.38. The van der Waals surface area contributed by atoms with Gasteiger partial charge in [0.05, 0.1) is 17.9 Å². The van der Waals surface area contributed by atoms with Crippen LogP contribution in [0.15, 0.2) is 42.5 Å². The van der Waals surface area contributed by atoms with Crippen LogP contribution in [0.3, 0.4) is 0 Å². The van der Waals surface area contributed by atoms with Gasteiger partial charge in [0.15, 0.2) is 0 Å².